The Labute approximate surface area is 132 Å². The molecule has 1 fully saturated rings. The van der Waals surface area contributed by atoms with Crippen LogP contribution in [-0.4, -0.2) is 5.11 Å². The van der Waals surface area contributed by atoms with Crippen molar-refractivity contribution >= 4 is 6.08 Å². The van der Waals surface area contributed by atoms with E-state index in [1.165, 1.54) is 5.56 Å². The number of hydrogen-bond donors (Lipinski definition) is 1. The molecule has 3 rings (SSSR count). The van der Waals surface area contributed by atoms with Crippen LogP contribution >= 0.6 is 0 Å². The summed E-state index contributed by atoms with van der Waals surface area (Å²) in [5.74, 6) is 0.784. The standard InChI is InChI=1S/C21H22O/c1-21(22,19-14-6-3-7-15-19)20-16-18(20)13-9-8-12-17-10-4-2-5-11-17/h2-15,18,20,22H,16H2,1H3/b12-8+,13-9+. The lowest BCUT2D eigenvalue weighted by molar-refractivity contribution is 0.0296. The molecular weight excluding hydrogens is 268 g/mol. The molecule has 1 N–H and O–H groups in total. The van der Waals surface area contributed by atoms with Gasteiger partial charge in [0.1, 0.15) is 0 Å². The highest BCUT2D eigenvalue weighted by Crippen LogP contribution is 2.51. The first kappa shape index (κ1) is 14.8. The van der Waals surface area contributed by atoms with Gasteiger partial charge in [0.05, 0.1) is 5.60 Å². The molecule has 0 aromatic heterocycles. The summed E-state index contributed by atoms with van der Waals surface area (Å²) in [7, 11) is 0. The van der Waals surface area contributed by atoms with Crippen molar-refractivity contribution in [3.63, 3.8) is 0 Å². The zero-order valence-electron chi connectivity index (χ0n) is 12.9. The summed E-state index contributed by atoms with van der Waals surface area (Å²) >= 11 is 0. The molecule has 1 nitrogen and oxygen atoms in total. The van der Waals surface area contributed by atoms with Crippen molar-refractivity contribution in [2.45, 2.75) is 18.9 Å². The molecule has 1 aliphatic rings. The van der Waals surface area contributed by atoms with E-state index < -0.39 is 5.60 Å². The van der Waals surface area contributed by atoms with E-state index in [1.54, 1.807) is 0 Å². The lowest BCUT2D eigenvalue weighted by atomic mass is 9.90. The fourth-order valence-electron chi connectivity index (χ4n) is 3.00. The Kier molecular flexibility index (Phi) is 4.26. The van der Waals surface area contributed by atoms with Crippen LogP contribution in [0.3, 0.4) is 0 Å². The zero-order chi connectivity index (χ0) is 15.4. The molecule has 3 atom stereocenters. The second kappa shape index (κ2) is 6.33. The molecule has 0 amide bonds. The van der Waals surface area contributed by atoms with Crippen molar-refractivity contribution in [1.29, 1.82) is 0 Å². The van der Waals surface area contributed by atoms with Crippen LogP contribution in [0.2, 0.25) is 0 Å². The second-order valence-electron chi connectivity index (χ2n) is 6.17. The molecule has 3 unspecified atom stereocenters. The first-order valence-corrected chi connectivity index (χ1v) is 7.86. The van der Waals surface area contributed by atoms with E-state index in [4.69, 9.17) is 0 Å². The Hall–Kier alpha value is -2.12. The van der Waals surface area contributed by atoms with Crippen LogP contribution in [0, 0.1) is 11.8 Å². The highest BCUT2D eigenvalue weighted by molar-refractivity contribution is 5.50. The van der Waals surface area contributed by atoms with Crippen molar-refractivity contribution in [2.75, 3.05) is 0 Å². The van der Waals surface area contributed by atoms with E-state index in [9.17, 15) is 5.11 Å². The maximum atomic E-state index is 10.8. The second-order valence-corrected chi connectivity index (χ2v) is 6.17. The van der Waals surface area contributed by atoms with Crippen LogP contribution in [-0.2, 0) is 5.60 Å². The summed E-state index contributed by atoms with van der Waals surface area (Å²) < 4.78 is 0. The molecular formula is C21H22O. The minimum Gasteiger partial charge on any atom is -0.385 e. The topological polar surface area (TPSA) is 20.2 Å². The zero-order valence-corrected chi connectivity index (χ0v) is 12.9. The van der Waals surface area contributed by atoms with Gasteiger partial charge in [-0.3, -0.25) is 0 Å². The Morgan fingerprint density at radius 2 is 1.59 bits per heavy atom. The van der Waals surface area contributed by atoms with Crippen LogP contribution in [0.5, 0.6) is 0 Å². The summed E-state index contributed by atoms with van der Waals surface area (Å²) in [6, 6.07) is 20.2. The molecule has 112 valence electrons. The van der Waals surface area contributed by atoms with E-state index in [-0.39, 0.29) is 0 Å². The Balaban J connectivity index is 1.58. The van der Waals surface area contributed by atoms with Crippen molar-refractivity contribution in [1.82, 2.24) is 0 Å². The third-order valence-corrected chi connectivity index (χ3v) is 4.48. The van der Waals surface area contributed by atoms with Gasteiger partial charge in [0, 0.05) is 0 Å². The number of rotatable bonds is 5. The molecule has 2 aromatic rings. The molecule has 0 heterocycles. The molecule has 1 heteroatoms. The van der Waals surface area contributed by atoms with Gasteiger partial charge in [-0.05, 0) is 36.3 Å². The van der Waals surface area contributed by atoms with Crippen LogP contribution < -0.4 is 0 Å². The molecule has 0 saturated heterocycles. The van der Waals surface area contributed by atoms with Crippen molar-refractivity contribution < 1.29 is 5.11 Å². The lowest BCUT2D eigenvalue weighted by Gasteiger charge is -2.24. The van der Waals surface area contributed by atoms with E-state index in [2.05, 4.69) is 36.4 Å². The van der Waals surface area contributed by atoms with Gasteiger partial charge in [-0.1, -0.05) is 85.0 Å². The van der Waals surface area contributed by atoms with Crippen LogP contribution in [0.4, 0.5) is 0 Å². The molecule has 22 heavy (non-hydrogen) atoms. The minimum atomic E-state index is -0.737. The Morgan fingerprint density at radius 3 is 2.27 bits per heavy atom. The van der Waals surface area contributed by atoms with Crippen molar-refractivity contribution in [3.05, 3.63) is 90.0 Å². The van der Waals surface area contributed by atoms with Crippen LogP contribution in [0.15, 0.2) is 78.9 Å². The first-order chi connectivity index (χ1) is 10.7. The van der Waals surface area contributed by atoms with Crippen LogP contribution in [0.25, 0.3) is 6.08 Å². The van der Waals surface area contributed by atoms with Crippen molar-refractivity contribution in [2.24, 2.45) is 11.8 Å². The molecule has 0 radical (unpaired) electrons. The number of benzene rings is 2. The van der Waals surface area contributed by atoms with E-state index in [1.807, 2.05) is 55.5 Å². The summed E-state index contributed by atoms with van der Waals surface area (Å²) in [6.07, 6.45) is 9.53. The molecule has 0 aliphatic heterocycles. The van der Waals surface area contributed by atoms with Crippen LogP contribution in [0.1, 0.15) is 24.5 Å². The lowest BCUT2D eigenvalue weighted by Crippen LogP contribution is -2.24. The molecule has 1 saturated carbocycles. The maximum absolute atomic E-state index is 10.8. The fourth-order valence-corrected chi connectivity index (χ4v) is 3.00. The van der Waals surface area contributed by atoms with Gasteiger partial charge in [-0.15, -0.1) is 0 Å². The summed E-state index contributed by atoms with van der Waals surface area (Å²) in [5.41, 5.74) is 1.48. The number of hydrogen-bond acceptors (Lipinski definition) is 1. The fraction of sp³-hybridized carbons (Fsp3) is 0.238. The summed E-state index contributed by atoms with van der Waals surface area (Å²) in [6.45, 7) is 1.93. The van der Waals surface area contributed by atoms with Gasteiger partial charge >= 0.3 is 0 Å². The summed E-state index contributed by atoms with van der Waals surface area (Å²) in [4.78, 5) is 0. The average molecular weight is 290 g/mol. The molecule has 0 bridgehead atoms. The van der Waals surface area contributed by atoms with Gasteiger partial charge in [0.15, 0.2) is 0 Å². The van der Waals surface area contributed by atoms with Gasteiger partial charge in [-0.2, -0.15) is 0 Å². The van der Waals surface area contributed by atoms with Crippen molar-refractivity contribution in [3.8, 4) is 0 Å². The largest absolute Gasteiger partial charge is 0.385 e. The predicted octanol–water partition coefficient (Wildman–Crippen LogP) is 4.80. The summed E-state index contributed by atoms with van der Waals surface area (Å²) in [5, 5.41) is 10.8. The third kappa shape index (κ3) is 3.37. The minimum absolute atomic E-state index is 0.316. The normalized spacial score (nSPS) is 23.7. The highest BCUT2D eigenvalue weighted by atomic mass is 16.3. The number of allylic oxidation sites excluding steroid dienone is 3. The maximum Gasteiger partial charge on any atom is 0.0902 e. The van der Waals surface area contributed by atoms with E-state index in [0.29, 0.717) is 11.8 Å². The van der Waals surface area contributed by atoms with Gasteiger partial charge in [0.25, 0.3) is 0 Å². The highest BCUT2D eigenvalue weighted by Gasteiger charge is 2.48. The van der Waals surface area contributed by atoms with E-state index >= 15 is 0 Å². The molecule has 0 spiro atoms. The third-order valence-electron chi connectivity index (χ3n) is 4.48. The number of aliphatic hydroxyl groups is 1. The van der Waals surface area contributed by atoms with Gasteiger partial charge in [-0.25, -0.2) is 0 Å². The smallest absolute Gasteiger partial charge is 0.0902 e. The van der Waals surface area contributed by atoms with Gasteiger partial charge in [0.2, 0.25) is 0 Å². The van der Waals surface area contributed by atoms with Gasteiger partial charge < -0.3 is 5.11 Å². The predicted molar refractivity (Wildman–Crippen MR) is 92.2 cm³/mol. The molecule has 2 aromatic carbocycles. The van der Waals surface area contributed by atoms with E-state index in [0.717, 1.165) is 12.0 Å². The Morgan fingerprint density at radius 1 is 0.955 bits per heavy atom. The average Bonchev–Trinajstić information content (AvgIpc) is 3.34. The first-order valence-electron chi connectivity index (χ1n) is 7.86. The Bertz CT molecular complexity index is 653. The SMILES string of the molecule is CC(O)(c1ccccc1)C1CC1/C=C/C=C/c1ccccc1. The quantitative estimate of drug-likeness (QED) is 0.784. The monoisotopic (exact) mass is 290 g/mol. The molecule has 1 aliphatic carbocycles.